The third-order valence-electron chi connectivity index (χ3n) is 4.46. The van der Waals surface area contributed by atoms with Gasteiger partial charge in [-0.3, -0.25) is 9.59 Å². The second kappa shape index (κ2) is 9.27. The normalized spacial score (nSPS) is 16.2. The van der Waals surface area contributed by atoms with Gasteiger partial charge in [0.1, 0.15) is 5.75 Å². The summed E-state index contributed by atoms with van der Waals surface area (Å²) in [6.45, 7) is 0.366. The monoisotopic (exact) mass is 334 g/mol. The number of rotatable bonds is 6. The Hall–Kier alpha value is -2.08. The molecule has 6 heteroatoms. The number of aliphatic hydroxyl groups excluding tert-OH is 1. The fraction of sp³-hybridized carbons (Fsp3) is 0.556. The zero-order valence-electron chi connectivity index (χ0n) is 14.1. The van der Waals surface area contributed by atoms with Crippen LogP contribution in [0.3, 0.4) is 0 Å². The SMILES string of the molecule is COc1cccc(CNC(=O)C(=O)NCC(O)C2CCCCC2)c1. The summed E-state index contributed by atoms with van der Waals surface area (Å²) in [5.74, 6) is -0.498. The van der Waals surface area contributed by atoms with Gasteiger partial charge in [-0.15, -0.1) is 0 Å². The molecule has 0 bridgehead atoms. The highest BCUT2D eigenvalue weighted by molar-refractivity contribution is 6.35. The first-order valence-electron chi connectivity index (χ1n) is 8.47. The summed E-state index contributed by atoms with van der Waals surface area (Å²) in [5.41, 5.74) is 0.845. The Bertz CT molecular complexity index is 556. The van der Waals surface area contributed by atoms with Crippen LogP contribution in [-0.2, 0) is 16.1 Å². The molecule has 132 valence electrons. The molecule has 1 aliphatic carbocycles. The van der Waals surface area contributed by atoms with Crippen molar-refractivity contribution in [1.82, 2.24) is 10.6 Å². The Morgan fingerprint density at radius 1 is 1.21 bits per heavy atom. The minimum Gasteiger partial charge on any atom is -0.497 e. The van der Waals surface area contributed by atoms with Crippen LogP contribution in [0.4, 0.5) is 0 Å². The number of amides is 2. The largest absolute Gasteiger partial charge is 0.497 e. The molecule has 1 saturated carbocycles. The van der Waals surface area contributed by atoms with Gasteiger partial charge in [-0.1, -0.05) is 31.4 Å². The van der Waals surface area contributed by atoms with Crippen LogP contribution in [0, 0.1) is 5.92 Å². The van der Waals surface area contributed by atoms with Crippen molar-refractivity contribution < 1.29 is 19.4 Å². The van der Waals surface area contributed by atoms with Crippen molar-refractivity contribution >= 4 is 11.8 Å². The van der Waals surface area contributed by atoms with Gasteiger partial charge in [-0.2, -0.15) is 0 Å². The van der Waals surface area contributed by atoms with Gasteiger partial charge in [0, 0.05) is 13.1 Å². The summed E-state index contributed by atoms with van der Waals surface area (Å²) in [4.78, 5) is 23.6. The number of hydrogen-bond acceptors (Lipinski definition) is 4. The number of aliphatic hydroxyl groups is 1. The molecule has 1 unspecified atom stereocenters. The van der Waals surface area contributed by atoms with Gasteiger partial charge >= 0.3 is 11.8 Å². The minimum absolute atomic E-state index is 0.121. The number of nitrogens with one attached hydrogen (secondary N) is 2. The zero-order valence-corrected chi connectivity index (χ0v) is 14.1. The molecule has 6 nitrogen and oxygen atoms in total. The molecular formula is C18H26N2O4. The lowest BCUT2D eigenvalue weighted by molar-refractivity contribution is -0.139. The molecular weight excluding hydrogens is 308 g/mol. The number of benzene rings is 1. The Labute approximate surface area is 142 Å². The van der Waals surface area contributed by atoms with Crippen LogP contribution in [0.2, 0.25) is 0 Å². The lowest BCUT2D eigenvalue weighted by Gasteiger charge is -2.26. The first kappa shape index (κ1) is 18.3. The van der Waals surface area contributed by atoms with E-state index < -0.39 is 17.9 Å². The van der Waals surface area contributed by atoms with Crippen LogP contribution in [0.5, 0.6) is 5.75 Å². The molecule has 2 rings (SSSR count). The Kier molecular flexibility index (Phi) is 7.06. The lowest BCUT2D eigenvalue weighted by Crippen LogP contribution is -2.44. The predicted octanol–water partition coefficient (Wildman–Crippen LogP) is 1.37. The molecule has 0 aromatic heterocycles. The molecule has 24 heavy (non-hydrogen) atoms. The van der Waals surface area contributed by atoms with Crippen molar-refractivity contribution in [3.8, 4) is 5.75 Å². The molecule has 0 aliphatic heterocycles. The molecule has 0 saturated heterocycles. The van der Waals surface area contributed by atoms with Crippen LogP contribution in [0.1, 0.15) is 37.7 Å². The molecule has 3 N–H and O–H groups in total. The molecule has 1 atom stereocenters. The predicted molar refractivity (Wildman–Crippen MR) is 90.4 cm³/mol. The van der Waals surface area contributed by atoms with E-state index in [1.54, 1.807) is 13.2 Å². The van der Waals surface area contributed by atoms with E-state index in [0.717, 1.165) is 31.2 Å². The summed E-state index contributed by atoms with van der Waals surface area (Å²) in [7, 11) is 1.57. The van der Waals surface area contributed by atoms with Crippen molar-refractivity contribution in [3.63, 3.8) is 0 Å². The zero-order chi connectivity index (χ0) is 17.4. The summed E-state index contributed by atoms with van der Waals surface area (Å²) in [5, 5.41) is 15.2. The molecule has 1 aliphatic rings. The summed E-state index contributed by atoms with van der Waals surface area (Å²) < 4.78 is 5.11. The quantitative estimate of drug-likeness (QED) is 0.686. The highest BCUT2D eigenvalue weighted by atomic mass is 16.5. The van der Waals surface area contributed by atoms with Gasteiger partial charge in [0.2, 0.25) is 0 Å². The number of ether oxygens (including phenoxy) is 1. The molecule has 1 aromatic carbocycles. The maximum atomic E-state index is 11.8. The lowest BCUT2D eigenvalue weighted by atomic mass is 9.85. The van der Waals surface area contributed by atoms with E-state index >= 15 is 0 Å². The van der Waals surface area contributed by atoms with Gasteiger partial charge in [0.25, 0.3) is 0 Å². The molecule has 2 amide bonds. The van der Waals surface area contributed by atoms with E-state index in [0.29, 0.717) is 5.75 Å². The van der Waals surface area contributed by atoms with Crippen molar-refractivity contribution in [2.75, 3.05) is 13.7 Å². The molecule has 0 heterocycles. The van der Waals surface area contributed by atoms with E-state index in [2.05, 4.69) is 10.6 Å². The van der Waals surface area contributed by atoms with Crippen molar-refractivity contribution in [2.24, 2.45) is 5.92 Å². The highest BCUT2D eigenvalue weighted by Gasteiger charge is 2.23. The third kappa shape index (κ3) is 5.53. The number of hydrogen-bond donors (Lipinski definition) is 3. The third-order valence-corrected chi connectivity index (χ3v) is 4.46. The smallest absolute Gasteiger partial charge is 0.309 e. The van der Waals surface area contributed by atoms with Crippen LogP contribution < -0.4 is 15.4 Å². The van der Waals surface area contributed by atoms with Crippen molar-refractivity contribution in [3.05, 3.63) is 29.8 Å². The number of carbonyl (C=O) groups is 2. The maximum absolute atomic E-state index is 11.8. The molecule has 0 spiro atoms. The average molecular weight is 334 g/mol. The maximum Gasteiger partial charge on any atom is 0.309 e. The summed E-state index contributed by atoms with van der Waals surface area (Å²) in [6, 6.07) is 7.27. The Morgan fingerprint density at radius 2 is 1.92 bits per heavy atom. The fourth-order valence-corrected chi connectivity index (χ4v) is 3.01. The van der Waals surface area contributed by atoms with E-state index in [-0.39, 0.29) is 19.0 Å². The van der Waals surface area contributed by atoms with Crippen LogP contribution >= 0.6 is 0 Å². The topological polar surface area (TPSA) is 87.7 Å². The highest BCUT2D eigenvalue weighted by Crippen LogP contribution is 2.26. The van der Waals surface area contributed by atoms with Gasteiger partial charge < -0.3 is 20.5 Å². The van der Waals surface area contributed by atoms with Gasteiger partial charge in [0.15, 0.2) is 0 Å². The first-order valence-corrected chi connectivity index (χ1v) is 8.47. The van der Waals surface area contributed by atoms with E-state index in [1.807, 2.05) is 18.2 Å². The van der Waals surface area contributed by atoms with Gasteiger partial charge in [-0.05, 0) is 36.5 Å². The second-order valence-electron chi connectivity index (χ2n) is 6.21. The molecule has 1 fully saturated rings. The summed E-state index contributed by atoms with van der Waals surface area (Å²) in [6.07, 6.45) is 4.84. The number of methoxy groups -OCH3 is 1. The standard InChI is InChI=1S/C18H26N2O4/c1-24-15-9-5-6-13(10-15)11-19-17(22)18(23)20-12-16(21)14-7-3-2-4-8-14/h5-6,9-10,14,16,21H,2-4,7-8,11-12H2,1H3,(H,19,22)(H,20,23). The number of carbonyl (C=O) groups excluding carboxylic acids is 2. The Balaban J connectivity index is 1.72. The van der Waals surface area contributed by atoms with E-state index in [1.165, 1.54) is 6.42 Å². The van der Waals surface area contributed by atoms with E-state index in [4.69, 9.17) is 4.74 Å². The van der Waals surface area contributed by atoms with Crippen molar-refractivity contribution in [1.29, 1.82) is 0 Å². The first-order chi connectivity index (χ1) is 11.6. The van der Waals surface area contributed by atoms with Gasteiger partial charge in [0.05, 0.1) is 13.2 Å². The van der Waals surface area contributed by atoms with Gasteiger partial charge in [-0.25, -0.2) is 0 Å². The van der Waals surface area contributed by atoms with Crippen LogP contribution in [0.25, 0.3) is 0 Å². The molecule has 0 radical (unpaired) electrons. The second-order valence-corrected chi connectivity index (χ2v) is 6.21. The molecule has 1 aromatic rings. The van der Waals surface area contributed by atoms with Crippen molar-refractivity contribution in [2.45, 2.75) is 44.8 Å². The fourth-order valence-electron chi connectivity index (χ4n) is 3.01. The minimum atomic E-state index is -0.715. The van der Waals surface area contributed by atoms with Crippen LogP contribution in [-0.4, -0.2) is 36.7 Å². The van der Waals surface area contributed by atoms with E-state index in [9.17, 15) is 14.7 Å². The average Bonchev–Trinajstić information content (AvgIpc) is 2.64. The summed E-state index contributed by atoms with van der Waals surface area (Å²) >= 11 is 0. The van der Waals surface area contributed by atoms with Crippen LogP contribution in [0.15, 0.2) is 24.3 Å². The Morgan fingerprint density at radius 3 is 2.62 bits per heavy atom.